The first-order valence-electron chi connectivity index (χ1n) is 12.3. The molecule has 0 N–H and O–H groups in total. The number of para-hydroxylation sites is 2. The average molecular weight is 562 g/mol. The fourth-order valence-corrected chi connectivity index (χ4v) is 4.06. The molecule has 0 atom stereocenters. The van der Waals surface area contributed by atoms with E-state index in [4.69, 9.17) is 4.74 Å². The van der Waals surface area contributed by atoms with Crippen LogP contribution in [0.1, 0.15) is 11.1 Å². The lowest BCUT2D eigenvalue weighted by Gasteiger charge is -2.10. The van der Waals surface area contributed by atoms with Gasteiger partial charge in [-0.05, 0) is 29.8 Å². The Morgan fingerprint density at radius 1 is 0.881 bits per heavy atom. The number of nitro groups is 2. The van der Waals surface area contributed by atoms with Crippen LogP contribution in [0.5, 0.6) is 5.75 Å². The molecule has 0 radical (unpaired) electrons. The molecule has 12 heteroatoms. The highest BCUT2D eigenvalue weighted by Gasteiger charge is 2.21. The summed E-state index contributed by atoms with van der Waals surface area (Å²) in [6.07, 6.45) is 3.44. The number of aromatic nitrogens is 2. The molecule has 0 aliphatic rings. The fourth-order valence-electron chi connectivity index (χ4n) is 4.06. The molecular weight excluding hydrogens is 542 g/mol. The Hall–Kier alpha value is -6.30. The average Bonchev–Trinajstić information content (AvgIpc) is 3.00. The fraction of sp³-hybridized carbons (Fsp3) is 0. The van der Waals surface area contributed by atoms with Gasteiger partial charge in [-0.15, -0.1) is 0 Å². The van der Waals surface area contributed by atoms with Gasteiger partial charge in [0.05, 0.1) is 27.0 Å². The minimum atomic E-state index is -0.972. The van der Waals surface area contributed by atoms with Gasteiger partial charge in [0.2, 0.25) is 5.75 Å². The second kappa shape index (κ2) is 11.8. The quantitative estimate of drug-likeness (QED) is 0.0609. The van der Waals surface area contributed by atoms with Crippen molar-refractivity contribution in [1.82, 2.24) is 9.66 Å². The molecule has 1 heterocycles. The molecule has 5 rings (SSSR count). The van der Waals surface area contributed by atoms with Gasteiger partial charge in [-0.1, -0.05) is 60.7 Å². The van der Waals surface area contributed by atoms with Crippen LogP contribution in [-0.2, 0) is 4.79 Å². The van der Waals surface area contributed by atoms with Gasteiger partial charge >= 0.3 is 11.7 Å². The number of ether oxygens (including phenoxy) is 1. The molecule has 0 aliphatic heterocycles. The number of hydrogen-bond donors (Lipinski definition) is 0. The largest absolute Gasteiger partial charge is 0.415 e. The predicted octanol–water partition coefficient (Wildman–Crippen LogP) is 5.38. The Morgan fingerprint density at radius 3 is 2.38 bits per heavy atom. The van der Waals surface area contributed by atoms with Gasteiger partial charge in [-0.2, -0.15) is 9.78 Å². The summed E-state index contributed by atoms with van der Waals surface area (Å²) in [5.41, 5.74) is 0.309. The van der Waals surface area contributed by atoms with E-state index in [9.17, 15) is 29.8 Å². The Kier molecular flexibility index (Phi) is 7.69. The maximum absolute atomic E-state index is 13.4. The van der Waals surface area contributed by atoms with Gasteiger partial charge in [-0.25, -0.2) is 9.78 Å². The van der Waals surface area contributed by atoms with Crippen LogP contribution in [0, 0.1) is 20.2 Å². The zero-order valence-electron chi connectivity index (χ0n) is 21.6. The van der Waals surface area contributed by atoms with Crippen LogP contribution in [0.4, 0.5) is 11.4 Å². The van der Waals surface area contributed by atoms with Gasteiger partial charge in [0, 0.05) is 35.4 Å². The van der Waals surface area contributed by atoms with Crippen molar-refractivity contribution in [2.45, 2.75) is 0 Å². The second-order valence-corrected chi connectivity index (χ2v) is 8.74. The zero-order chi connectivity index (χ0) is 29.6. The SMILES string of the molecule is O=C(/C=C/c1cccc([N+](=O)[O-])c1)Oc1c(C=Nn2c(-c3ccccc3)nc3ccccc3c2=O)cccc1[N+](=O)[O-]. The van der Waals surface area contributed by atoms with E-state index in [0.717, 1.165) is 16.8 Å². The summed E-state index contributed by atoms with van der Waals surface area (Å²) in [5, 5.41) is 27.4. The molecule has 0 fully saturated rings. The number of carbonyl (C=O) groups is 1. The van der Waals surface area contributed by atoms with Crippen LogP contribution in [0.3, 0.4) is 0 Å². The van der Waals surface area contributed by atoms with Gasteiger partial charge < -0.3 is 4.74 Å². The van der Waals surface area contributed by atoms with Crippen molar-refractivity contribution >= 4 is 40.5 Å². The van der Waals surface area contributed by atoms with Gasteiger partial charge in [0.1, 0.15) is 0 Å². The number of carbonyl (C=O) groups excluding carboxylic acids is 1. The van der Waals surface area contributed by atoms with Crippen molar-refractivity contribution in [3.63, 3.8) is 0 Å². The summed E-state index contributed by atoms with van der Waals surface area (Å²) >= 11 is 0. The molecule has 4 aromatic carbocycles. The summed E-state index contributed by atoms with van der Waals surface area (Å²) in [4.78, 5) is 52.2. The van der Waals surface area contributed by atoms with Crippen LogP contribution in [-0.4, -0.2) is 31.7 Å². The third-order valence-corrected chi connectivity index (χ3v) is 6.02. The monoisotopic (exact) mass is 561 g/mol. The third kappa shape index (κ3) is 5.82. The van der Waals surface area contributed by atoms with E-state index in [1.165, 1.54) is 42.6 Å². The topological polar surface area (TPSA) is 160 Å². The van der Waals surface area contributed by atoms with E-state index in [1.807, 2.05) is 6.07 Å². The van der Waals surface area contributed by atoms with E-state index in [2.05, 4.69) is 10.1 Å². The van der Waals surface area contributed by atoms with E-state index in [1.54, 1.807) is 54.6 Å². The molecule has 206 valence electrons. The molecule has 0 aliphatic carbocycles. The molecule has 0 saturated carbocycles. The number of nitro benzene ring substituents is 2. The first-order chi connectivity index (χ1) is 20.3. The minimum Gasteiger partial charge on any atom is -0.415 e. The number of benzene rings is 4. The van der Waals surface area contributed by atoms with Crippen LogP contribution >= 0.6 is 0 Å². The summed E-state index contributed by atoms with van der Waals surface area (Å²) in [5.74, 6) is -1.14. The van der Waals surface area contributed by atoms with Crippen molar-refractivity contribution in [3.05, 3.63) is 145 Å². The molecule has 5 aromatic rings. The van der Waals surface area contributed by atoms with Crippen LogP contribution in [0.25, 0.3) is 28.4 Å². The van der Waals surface area contributed by atoms with Gasteiger partial charge in [0.25, 0.3) is 11.2 Å². The highest BCUT2D eigenvalue weighted by molar-refractivity contribution is 5.93. The lowest BCUT2D eigenvalue weighted by Crippen LogP contribution is -2.20. The first kappa shape index (κ1) is 27.3. The smallest absolute Gasteiger partial charge is 0.336 e. The minimum absolute atomic E-state index is 0.0420. The normalized spacial score (nSPS) is 11.2. The van der Waals surface area contributed by atoms with Gasteiger partial charge in [-0.3, -0.25) is 25.0 Å². The molecule has 12 nitrogen and oxygen atoms in total. The lowest BCUT2D eigenvalue weighted by atomic mass is 10.2. The maximum atomic E-state index is 13.4. The summed E-state index contributed by atoms with van der Waals surface area (Å²) < 4.78 is 6.42. The van der Waals surface area contributed by atoms with E-state index >= 15 is 0 Å². The van der Waals surface area contributed by atoms with E-state index < -0.39 is 32.8 Å². The van der Waals surface area contributed by atoms with Gasteiger partial charge in [0.15, 0.2) is 5.82 Å². The van der Waals surface area contributed by atoms with Crippen LogP contribution in [0.2, 0.25) is 0 Å². The number of esters is 1. The molecule has 42 heavy (non-hydrogen) atoms. The Bertz CT molecular complexity index is 1970. The Morgan fingerprint density at radius 2 is 1.62 bits per heavy atom. The second-order valence-electron chi connectivity index (χ2n) is 8.74. The molecule has 0 bridgehead atoms. The van der Waals surface area contributed by atoms with Crippen LogP contribution < -0.4 is 10.3 Å². The molecule has 1 aromatic heterocycles. The van der Waals surface area contributed by atoms with E-state index in [0.29, 0.717) is 22.0 Å². The third-order valence-electron chi connectivity index (χ3n) is 6.02. The van der Waals surface area contributed by atoms with Crippen molar-refractivity contribution in [1.29, 1.82) is 0 Å². The van der Waals surface area contributed by atoms with E-state index in [-0.39, 0.29) is 17.1 Å². The van der Waals surface area contributed by atoms with Crippen molar-refractivity contribution in [2.75, 3.05) is 0 Å². The standard InChI is InChI=1S/C30H19N5O7/c36-27(17-16-20-8-6-12-23(18-20)34(38)39)42-28-22(11-7-15-26(28)35(40)41)19-31-33-29(21-9-2-1-3-10-21)32-25-14-5-4-13-24(25)30(33)37/h1-19H/b17-16+,31-19?. The van der Waals surface area contributed by atoms with Crippen molar-refractivity contribution in [3.8, 4) is 17.1 Å². The maximum Gasteiger partial charge on any atom is 0.336 e. The highest BCUT2D eigenvalue weighted by Crippen LogP contribution is 2.30. The van der Waals surface area contributed by atoms with Crippen molar-refractivity contribution in [2.24, 2.45) is 5.10 Å². The molecule has 0 amide bonds. The Balaban J connectivity index is 1.54. The van der Waals surface area contributed by atoms with Crippen LogP contribution in [0.15, 0.2) is 113 Å². The summed E-state index contributed by atoms with van der Waals surface area (Å²) in [7, 11) is 0. The zero-order valence-corrected chi connectivity index (χ0v) is 21.6. The van der Waals surface area contributed by atoms with Crippen molar-refractivity contribution < 1.29 is 19.4 Å². The predicted molar refractivity (Wildman–Crippen MR) is 155 cm³/mol. The number of fused-ring (bicyclic) bond motifs is 1. The summed E-state index contributed by atoms with van der Waals surface area (Å²) in [6, 6.07) is 25.2. The molecular formula is C30H19N5O7. The molecule has 0 unspecified atom stereocenters. The highest BCUT2D eigenvalue weighted by atomic mass is 16.6. The number of non-ortho nitro benzene ring substituents is 1. The number of rotatable bonds is 8. The summed E-state index contributed by atoms with van der Waals surface area (Å²) in [6.45, 7) is 0. The molecule has 0 spiro atoms. The first-order valence-corrected chi connectivity index (χ1v) is 12.3. The number of nitrogens with zero attached hydrogens (tertiary/aromatic N) is 5. The number of hydrogen-bond acceptors (Lipinski definition) is 9. The Labute approximate surface area is 236 Å². The lowest BCUT2D eigenvalue weighted by molar-refractivity contribution is -0.385. The molecule has 0 saturated heterocycles.